The second kappa shape index (κ2) is 8.01. The first-order valence-electron chi connectivity index (χ1n) is 10.4. The van der Waals surface area contributed by atoms with Crippen molar-refractivity contribution in [1.82, 2.24) is 9.80 Å². The van der Waals surface area contributed by atoms with Crippen LogP contribution in [-0.4, -0.2) is 54.0 Å². The Kier molecular flexibility index (Phi) is 5.48. The zero-order valence-corrected chi connectivity index (χ0v) is 16.2. The van der Waals surface area contributed by atoms with Gasteiger partial charge in [-0.25, -0.2) is 0 Å². The molecule has 0 radical (unpaired) electrons. The van der Waals surface area contributed by atoms with E-state index in [2.05, 4.69) is 40.1 Å². The summed E-state index contributed by atoms with van der Waals surface area (Å²) in [5.41, 5.74) is 1.34. The van der Waals surface area contributed by atoms with Crippen LogP contribution in [0.15, 0.2) is 30.3 Å². The molecular weight excluding hydrogens is 340 g/mol. The Balaban J connectivity index is 1.44. The van der Waals surface area contributed by atoms with Crippen molar-refractivity contribution in [3.63, 3.8) is 0 Å². The molecule has 1 aliphatic carbocycles. The maximum atomic E-state index is 13.2. The molecule has 0 N–H and O–H groups in total. The van der Waals surface area contributed by atoms with Gasteiger partial charge in [0.1, 0.15) is 0 Å². The van der Waals surface area contributed by atoms with Crippen LogP contribution in [0.2, 0.25) is 0 Å². The van der Waals surface area contributed by atoms with E-state index in [0.717, 1.165) is 51.7 Å². The normalized spacial score (nSPS) is 30.9. The minimum Gasteiger partial charge on any atom is -0.469 e. The van der Waals surface area contributed by atoms with Crippen molar-refractivity contribution in [2.75, 3.05) is 20.2 Å². The topological polar surface area (TPSA) is 49.9 Å². The van der Waals surface area contributed by atoms with Crippen LogP contribution in [0.25, 0.3) is 0 Å². The van der Waals surface area contributed by atoms with E-state index in [9.17, 15) is 9.59 Å². The van der Waals surface area contributed by atoms with Gasteiger partial charge in [-0.15, -0.1) is 0 Å². The minimum atomic E-state index is -0.229. The number of ether oxygens (including phenoxy) is 1. The molecule has 4 atom stereocenters. The third-order valence-corrected chi connectivity index (χ3v) is 6.76. The van der Waals surface area contributed by atoms with Gasteiger partial charge in [-0.2, -0.15) is 0 Å². The summed E-state index contributed by atoms with van der Waals surface area (Å²) < 4.78 is 4.89. The maximum Gasteiger partial charge on any atom is 0.309 e. The van der Waals surface area contributed by atoms with E-state index in [1.807, 2.05) is 0 Å². The highest BCUT2D eigenvalue weighted by atomic mass is 16.5. The molecule has 2 heterocycles. The number of esters is 1. The average molecular weight is 370 g/mol. The number of nitrogens with zero attached hydrogens (tertiary/aromatic N) is 2. The molecule has 0 aromatic heterocycles. The molecule has 4 rings (SSSR count). The molecule has 1 aromatic carbocycles. The number of hydrogen-bond donors (Lipinski definition) is 0. The summed E-state index contributed by atoms with van der Waals surface area (Å²) in [4.78, 5) is 29.8. The van der Waals surface area contributed by atoms with Gasteiger partial charge in [0.25, 0.3) is 0 Å². The number of carbonyl (C=O) groups excluding carboxylic acids is 2. The molecule has 0 spiro atoms. The first kappa shape index (κ1) is 18.5. The number of likely N-dealkylation sites (tertiary alicyclic amines) is 2. The summed E-state index contributed by atoms with van der Waals surface area (Å²) in [6.45, 7) is 2.90. The van der Waals surface area contributed by atoms with Crippen molar-refractivity contribution in [1.29, 1.82) is 0 Å². The van der Waals surface area contributed by atoms with Crippen LogP contribution in [0, 0.1) is 11.8 Å². The lowest BCUT2D eigenvalue weighted by Crippen LogP contribution is -2.53. The van der Waals surface area contributed by atoms with Crippen molar-refractivity contribution in [2.24, 2.45) is 11.8 Å². The maximum absolute atomic E-state index is 13.2. The van der Waals surface area contributed by atoms with E-state index < -0.39 is 0 Å². The Morgan fingerprint density at radius 2 is 1.67 bits per heavy atom. The molecule has 5 nitrogen and oxygen atoms in total. The number of hydrogen-bond acceptors (Lipinski definition) is 4. The third-order valence-electron chi connectivity index (χ3n) is 6.76. The summed E-state index contributed by atoms with van der Waals surface area (Å²) >= 11 is 0. The van der Waals surface area contributed by atoms with Crippen LogP contribution in [0.5, 0.6) is 0 Å². The van der Waals surface area contributed by atoms with Crippen molar-refractivity contribution < 1.29 is 14.3 Å². The van der Waals surface area contributed by atoms with Gasteiger partial charge in [0.05, 0.1) is 18.9 Å². The predicted molar refractivity (Wildman–Crippen MR) is 103 cm³/mol. The highest BCUT2D eigenvalue weighted by Gasteiger charge is 2.47. The Morgan fingerprint density at radius 1 is 0.963 bits per heavy atom. The third kappa shape index (κ3) is 3.62. The molecule has 1 aromatic rings. The Labute approximate surface area is 161 Å². The van der Waals surface area contributed by atoms with Crippen molar-refractivity contribution in [3.05, 3.63) is 35.9 Å². The number of carbonyl (C=O) groups is 2. The molecule has 5 heteroatoms. The van der Waals surface area contributed by atoms with Crippen molar-refractivity contribution >= 4 is 11.9 Å². The summed E-state index contributed by atoms with van der Waals surface area (Å²) in [5.74, 6) is -0.428. The van der Waals surface area contributed by atoms with Crippen molar-refractivity contribution in [2.45, 2.75) is 57.2 Å². The van der Waals surface area contributed by atoms with E-state index in [-0.39, 0.29) is 23.7 Å². The highest BCUT2D eigenvalue weighted by molar-refractivity contribution is 5.87. The predicted octanol–water partition coefficient (Wildman–Crippen LogP) is 2.84. The first-order chi connectivity index (χ1) is 13.2. The van der Waals surface area contributed by atoms with Crippen LogP contribution >= 0.6 is 0 Å². The minimum absolute atomic E-state index is 0.165. The Bertz CT molecular complexity index is 677. The van der Waals surface area contributed by atoms with Crippen molar-refractivity contribution in [3.8, 4) is 0 Å². The summed E-state index contributed by atoms with van der Waals surface area (Å²) in [5, 5.41) is 0. The van der Waals surface area contributed by atoms with Gasteiger partial charge in [0.2, 0.25) is 5.91 Å². The molecule has 146 valence electrons. The molecule has 0 bridgehead atoms. The van der Waals surface area contributed by atoms with Crippen LogP contribution in [0.4, 0.5) is 0 Å². The molecule has 2 aliphatic heterocycles. The first-order valence-corrected chi connectivity index (χ1v) is 10.4. The van der Waals surface area contributed by atoms with Crippen LogP contribution in [-0.2, 0) is 20.9 Å². The van der Waals surface area contributed by atoms with Gasteiger partial charge in [-0.3, -0.25) is 14.5 Å². The summed E-state index contributed by atoms with van der Waals surface area (Å²) in [6, 6.07) is 11.3. The van der Waals surface area contributed by atoms with E-state index >= 15 is 0 Å². The zero-order valence-electron chi connectivity index (χ0n) is 16.2. The van der Waals surface area contributed by atoms with Gasteiger partial charge < -0.3 is 9.64 Å². The van der Waals surface area contributed by atoms with Gasteiger partial charge in [-0.1, -0.05) is 30.3 Å². The SMILES string of the molecule is COC(=O)[C@@H]1CC[C@@H]1C(=O)N1CCC[C@H]1[C@@H]1CCCN1Cc1ccccc1. The summed E-state index contributed by atoms with van der Waals surface area (Å²) in [7, 11) is 1.42. The molecule has 1 amide bonds. The van der Waals surface area contributed by atoms with Gasteiger partial charge >= 0.3 is 5.97 Å². The quantitative estimate of drug-likeness (QED) is 0.748. The second-order valence-electron chi connectivity index (χ2n) is 8.22. The molecular formula is C22H30N2O3. The van der Waals surface area contributed by atoms with E-state index in [0.29, 0.717) is 12.1 Å². The molecule has 27 heavy (non-hydrogen) atoms. The van der Waals surface area contributed by atoms with Gasteiger partial charge in [0.15, 0.2) is 0 Å². The standard InChI is InChI=1S/C22H30N2O3/c1-27-22(26)18-12-11-17(18)21(25)24-14-6-10-20(24)19-9-5-13-23(19)15-16-7-3-2-4-8-16/h2-4,7-8,17-20H,5-6,9-15H2,1H3/t17-,18+,19-,20-/m0/s1. The van der Waals surface area contributed by atoms with Gasteiger partial charge in [0, 0.05) is 25.2 Å². The highest BCUT2D eigenvalue weighted by Crippen LogP contribution is 2.39. The fourth-order valence-electron chi connectivity index (χ4n) is 5.21. The molecule has 1 saturated carbocycles. The lowest BCUT2D eigenvalue weighted by atomic mass is 9.72. The fourth-order valence-corrected chi connectivity index (χ4v) is 5.21. The van der Waals surface area contributed by atoms with E-state index in [1.54, 1.807) is 0 Å². The summed E-state index contributed by atoms with van der Waals surface area (Å²) in [6.07, 6.45) is 6.11. The Hall–Kier alpha value is -1.88. The lowest BCUT2D eigenvalue weighted by molar-refractivity contribution is -0.159. The molecule has 3 fully saturated rings. The molecule has 3 aliphatic rings. The monoisotopic (exact) mass is 370 g/mol. The number of benzene rings is 1. The number of methoxy groups -OCH3 is 1. The average Bonchev–Trinajstić information content (AvgIpc) is 3.30. The van der Waals surface area contributed by atoms with E-state index in [4.69, 9.17) is 4.74 Å². The largest absolute Gasteiger partial charge is 0.469 e. The fraction of sp³-hybridized carbons (Fsp3) is 0.636. The molecule has 2 saturated heterocycles. The van der Waals surface area contributed by atoms with Crippen LogP contribution in [0.1, 0.15) is 44.1 Å². The molecule has 0 unspecified atom stereocenters. The van der Waals surface area contributed by atoms with Gasteiger partial charge in [-0.05, 0) is 50.6 Å². The number of amides is 1. The zero-order chi connectivity index (χ0) is 18.8. The lowest BCUT2D eigenvalue weighted by Gasteiger charge is -2.40. The second-order valence-corrected chi connectivity index (χ2v) is 8.22. The van der Waals surface area contributed by atoms with Crippen LogP contribution < -0.4 is 0 Å². The smallest absolute Gasteiger partial charge is 0.309 e. The van der Waals surface area contributed by atoms with E-state index in [1.165, 1.54) is 19.1 Å². The van der Waals surface area contributed by atoms with Crippen LogP contribution in [0.3, 0.4) is 0 Å². The number of rotatable bonds is 5. The Morgan fingerprint density at radius 3 is 2.37 bits per heavy atom.